The van der Waals surface area contributed by atoms with Gasteiger partial charge in [-0.15, -0.1) is 0 Å². The lowest BCUT2D eigenvalue weighted by atomic mass is 10.1. The average molecular weight is 150 g/mol. The lowest BCUT2D eigenvalue weighted by Crippen LogP contribution is -2.73. The highest BCUT2D eigenvalue weighted by atomic mass is 15.0. The van der Waals surface area contributed by atoms with Crippen molar-refractivity contribution in [1.29, 1.82) is 5.41 Å². The molecule has 0 atom stereocenters. The van der Waals surface area contributed by atoms with Crippen LogP contribution in [-0.2, 0) is 0 Å². The lowest BCUT2D eigenvalue weighted by molar-refractivity contribution is -0.543. The summed E-state index contributed by atoms with van der Waals surface area (Å²) in [5.74, 6) is 0.889. The average Bonchev–Trinajstić information content (AvgIpc) is 2.04. The first-order chi connectivity index (χ1) is 5.29. The van der Waals surface area contributed by atoms with Crippen LogP contribution in [0.2, 0.25) is 0 Å². The van der Waals surface area contributed by atoms with E-state index < -0.39 is 0 Å². The van der Waals surface area contributed by atoms with E-state index in [0.29, 0.717) is 0 Å². The van der Waals surface area contributed by atoms with Gasteiger partial charge in [0.15, 0.2) is 0 Å². The van der Waals surface area contributed by atoms with Crippen molar-refractivity contribution >= 4 is 12.0 Å². The molecule has 0 unspecified atom stereocenters. The zero-order chi connectivity index (χ0) is 8.27. The van der Waals surface area contributed by atoms with Crippen molar-refractivity contribution in [2.45, 2.75) is 6.92 Å². The molecule has 0 aliphatic heterocycles. The second-order valence-corrected chi connectivity index (χ2v) is 2.36. The Balaban J connectivity index is 3.24. The third-order valence-corrected chi connectivity index (χ3v) is 1.66. The molecular formula is C8H12N3+. The third kappa shape index (κ3) is 1.43. The zero-order valence-electron chi connectivity index (χ0n) is 6.76. The molecule has 0 bridgehead atoms. The Labute approximate surface area is 66.0 Å². The molecule has 0 saturated heterocycles. The highest BCUT2D eigenvalue weighted by molar-refractivity contribution is 5.83. The van der Waals surface area contributed by atoms with Gasteiger partial charge in [-0.25, -0.2) is 4.98 Å². The molecule has 0 aromatic carbocycles. The van der Waals surface area contributed by atoms with Crippen LogP contribution in [0.1, 0.15) is 11.1 Å². The van der Waals surface area contributed by atoms with E-state index in [0.717, 1.165) is 16.9 Å². The molecule has 0 radical (unpaired) electrons. The van der Waals surface area contributed by atoms with Crippen molar-refractivity contribution in [3.8, 4) is 0 Å². The first-order valence-corrected chi connectivity index (χ1v) is 3.55. The highest BCUT2D eigenvalue weighted by Gasteiger charge is 2.04. The Morgan fingerprint density at radius 1 is 1.64 bits per heavy atom. The minimum Gasteiger partial charge on any atom is -0.308 e. The Morgan fingerprint density at radius 2 is 2.36 bits per heavy atom. The second kappa shape index (κ2) is 3.25. The summed E-state index contributed by atoms with van der Waals surface area (Å²) in [6, 6.07) is 1.91. The summed E-state index contributed by atoms with van der Waals surface area (Å²) in [5.41, 5.74) is 2.01. The number of nitrogens with two attached hydrogens (primary N) is 1. The highest BCUT2D eigenvalue weighted by Crippen LogP contribution is 2.08. The van der Waals surface area contributed by atoms with Crippen LogP contribution < -0.4 is 5.32 Å². The van der Waals surface area contributed by atoms with E-state index in [-0.39, 0.29) is 0 Å². The van der Waals surface area contributed by atoms with Crippen molar-refractivity contribution in [3.05, 3.63) is 23.4 Å². The minimum absolute atomic E-state index is 0.889. The van der Waals surface area contributed by atoms with Gasteiger partial charge in [0.1, 0.15) is 0 Å². The maximum atomic E-state index is 7.14. The Bertz CT molecular complexity index is 268. The zero-order valence-corrected chi connectivity index (χ0v) is 6.76. The summed E-state index contributed by atoms with van der Waals surface area (Å²) >= 11 is 0. The van der Waals surface area contributed by atoms with Crippen LogP contribution in [0.3, 0.4) is 0 Å². The number of hydrogen-bond donors (Lipinski definition) is 2. The van der Waals surface area contributed by atoms with Crippen LogP contribution in [0.25, 0.3) is 0 Å². The molecule has 58 valence electrons. The SMILES string of the molecule is C[NH2+]c1nccc(C)c1C=N. The smallest absolute Gasteiger partial charge is 0.233 e. The second-order valence-electron chi connectivity index (χ2n) is 2.36. The quantitative estimate of drug-likeness (QED) is 0.582. The van der Waals surface area contributed by atoms with E-state index in [9.17, 15) is 0 Å². The summed E-state index contributed by atoms with van der Waals surface area (Å²) < 4.78 is 0. The molecule has 1 heterocycles. The van der Waals surface area contributed by atoms with Crippen molar-refractivity contribution in [2.75, 3.05) is 7.05 Å². The van der Waals surface area contributed by atoms with E-state index in [4.69, 9.17) is 5.41 Å². The van der Waals surface area contributed by atoms with Gasteiger partial charge in [0.2, 0.25) is 5.82 Å². The Kier molecular flexibility index (Phi) is 2.33. The van der Waals surface area contributed by atoms with Crippen molar-refractivity contribution in [3.63, 3.8) is 0 Å². The first kappa shape index (κ1) is 7.88. The molecule has 0 amide bonds. The molecule has 1 aromatic rings. The topological polar surface area (TPSA) is 53.4 Å². The van der Waals surface area contributed by atoms with E-state index in [2.05, 4.69) is 4.98 Å². The lowest BCUT2D eigenvalue weighted by Gasteiger charge is -2.00. The summed E-state index contributed by atoms with van der Waals surface area (Å²) in [7, 11) is 1.93. The van der Waals surface area contributed by atoms with Gasteiger partial charge in [-0.05, 0) is 18.6 Å². The number of nitrogens with zero attached hydrogens (tertiary/aromatic N) is 1. The number of pyridine rings is 1. The van der Waals surface area contributed by atoms with Crippen molar-refractivity contribution in [1.82, 2.24) is 4.98 Å². The number of aryl methyl sites for hydroxylation is 1. The van der Waals surface area contributed by atoms with Crippen LogP contribution in [0, 0.1) is 12.3 Å². The van der Waals surface area contributed by atoms with Gasteiger partial charge in [-0.1, -0.05) is 0 Å². The van der Waals surface area contributed by atoms with Gasteiger partial charge in [0.05, 0.1) is 12.6 Å². The summed E-state index contributed by atoms with van der Waals surface area (Å²) in [4.78, 5) is 4.12. The third-order valence-electron chi connectivity index (χ3n) is 1.66. The molecule has 0 aliphatic rings. The number of nitrogens with one attached hydrogen (secondary N) is 1. The molecule has 3 N–H and O–H groups in total. The van der Waals surface area contributed by atoms with Crippen LogP contribution in [-0.4, -0.2) is 18.2 Å². The normalized spacial score (nSPS) is 9.64. The maximum Gasteiger partial charge on any atom is 0.233 e. The van der Waals surface area contributed by atoms with E-state index >= 15 is 0 Å². The fraction of sp³-hybridized carbons (Fsp3) is 0.250. The largest absolute Gasteiger partial charge is 0.308 e. The molecule has 3 heteroatoms. The van der Waals surface area contributed by atoms with Crippen molar-refractivity contribution < 1.29 is 5.32 Å². The van der Waals surface area contributed by atoms with E-state index in [1.54, 1.807) is 6.20 Å². The number of rotatable bonds is 2. The van der Waals surface area contributed by atoms with Crippen LogP contribution >= 0.6 is 0 Å². The molecule has 3 nitrogen and oxygen atoms in total. The van der Waals surface area contributed by atoms with Crippen LogP contribution in [0.5, 0.6) is 0 Å². The fourth-order valence-electron chi connectivity index (χ4n) is 1.01. The van der Waals surface area contributed by atoms with Crippen LogP contribution in [0.15, 0.2) is 12.3 Å². The fourth-order valence-corrected chi connectivity index (χ4v) is 1.01. The van der Waals surface area contributed by atoms with Gasteiger partial charge in [0, 0.05) is 12.4 Å². The molecule has 0 aliphatic carbocycles. The van der Waals surface area contributed by atoms with Gasteiger partial charge < -0.3 is 5.41 Å². The predicted molar refractivity (Wildman–Crippen MR) is 44.4 cm³/mol. The van der Waals surface area contributed by atoms with E-state index in [1.165, 1.54) is 6.21 Å². The summed E-state index contributed by atoms with van der Waals surface area (Å²) in [5, 5.41) is 9.05. The molecule has 1 aromatic heterocycles. The van der Waals surface area contributed by atoms with Gasteiger partial charge in [0.25, 0.3) is 0 Å². The van der Waals surface area contributed by atoms with Gasteiger partial charge >= 0.3 is 0 Å². The number of quaternary nitrogens is 1. The van der Waals surface area contributed by atoms with Gasteiger partial charge in [-0.3, -0.25) is 5.32 Å². The first-order valence-electron chi connectivity index (χ1n) is 3.55. The van der Waals surface area contributed by atoms with Crippen molar-refractivity contribution in [2.24, 2.45) is 0 Å². The molecule has 1 rings (SSSR count). The number of hydrogen-bond acceptors (Lipinski definition) is 2. The predicted octanol–water partition coefficient (Wildman–Crippen LogP) is 0.212. The monoisotopic (exact) mass is 150 g/mol. The Hall–Kier alpha value is -1.22. The Morgan fingerprint density at radius 3 is 2.82 bits per heavy atom. The maximum absolute atomic E-state index is 7.14. The number of aromatic nitrogens is 1. The molecule has 11 heavy (non-hydrogen) atoms. The van der Waals surface area contributed by atoms with Crippen LogP contribution in [0.4, 0.5) is 5.82 Å². The standard InChI is InChI=1S/C8H11N3/c1-6-3-4-11-8(10-2)7(6)5-9/h3-5,9H,1-2H3,(H,10,11)/p+1. The molecule has 0 saturated carbocycles. The molecular weight excluding hydrogens is 138 g/mol. The molecule has 0 spiro atoms. The molecule has 0 fully saturated rings. The minimum atomic E-state index is 0.889. The summed E-state index contributed by atoms with van der Waals surface area (Å²) in [6.45, 7) is 1.98. The van der Waals surface area contributed by atoms with E-state index in [1.807, 2.05) is 25.4 Å². The van der Waals surface area contributed by atoms with Gasteiger partial charge in [-0.2, -0.15) is 0 Å². The summed E-state index contributed by atoms with van der Waals surface area (Å²) in [6.07, 6.45) is 3.11.